The number of hydrogen-bond donors (Lipinski definition) is 1. The lowest BCUT2D eigenvalue weighted by Crippen LogP contribution is -2.47. The molecule has 0 aromatic heterocycles. The van der Waals surface area contributed by atoms with Crippen molar-refractivity contribution in [3.8, 4) is 0 Å². The number of Topliss-reactive ketones (excluding diaryl/α,β-unsaturated/α-hetero) is 1. The Kier molecular flexibility index (Phi) is 3.09. The lowest BCUT2D eigenvalue weighted by Gasteiger charge is -2.46. The van der Waals surface area contributed by atoms with Crippen LogP contribution in [0.15, 0.2) is 18.2 Å². The minimum absolute atomic E-state index is 0.0292. The third-order valence-corrected chi connectivity index (χ3v) is 4.68. The van der Waals surface area contributed by atoms with E-state index in [1.165, 1.54) is 6.42 Å². The predicted molar refractivity (Wildman–Crippen MR) is 75.2 cm³/mol. The molecule has 3 rings (SSSR count). The zero-order chi connectivity index (χ0) is 13.5. The number of ether oxygens (including phenoxy) is 1. The molecule has 1 heterocycles. The van der Waals surface area contributed by atoms with Crippen LogP contribution in [0.1, 0.15) is 48.0 Å². The molecule has 3 nitrogen and oxygen atoms in total. The molecule has 1 saturated heterocycles. The van der Waals surface area contributed by atoms with Gasteiger partial charge in [-0.1, -0.05) is 0 Å². The lowest BCUT2D eigenvalue weighted by molar-refractivity contribution is -0.137. The molecule has 0 bridgehead atoms. The number of aryl methyl sites for hydroxylation is 1. The van der Waals surface area contributed by atoms with Gasteiger partial charge in [0.2, 0.25) is 0 Å². The largest absolute Gasteiger partial charge is 0.399 e. The fraction of sp³-hybridized carbons (Fsp3) is 0.562. The van der Waals surface area contributed by atoms with Gasteiger partial charge in [0.05, 0.1) is 5.60 Å². The average Bonchev–Trinajstić information content (AvgIpc) is 2.39. The Morgan fingerprint density at radius 3 is 2.84 bits per heavy atom. The van der Waals surface area contributed by atoms with E-state index in [4.69, 9.17) is 10.5 Å². The Hall–Kier alpha value is -1.35. The van der Waals surface area contributed by atoms with E-state index in [-0.39, 0.29) is 17.3 Å². The Morgan fingerprint density at radius 2 is 2.21 bits per heavy atom. The summed E-state index contributed by atoms with van der Waals surface area (Å²) < 4.78 is 5.89. The first kappa shape index (κ1) is 12.7. The van der Waals surface area contributed by atoms with E-state index in [0.29, 0.717) is 0 Å². The van der Waals surface area contributed by atoms with Crippen LogP contribution in [0.25, 0.3) is 0 Å². The van der Waals surface area contributed by atoms with Crippen molar-refractivity contribution >= 4 is 11.5 Å². The fourth-order valence-corrected chi connectivity index (χ4v) is 3.24. The summed E-state index contributed by atoms with van der Waals surface area (Å²) in [4.78, 5) is 12.6. The van der Waals surface area contributed by atoms with E-state index >= 15 is 0 Å². The molecular weight excluding hydrogens is 238 g/mol. The minimum atomic E-state index is 0.0292. The quantitative estimate of drug-likeness (QED) is 0.656. The number of hydrogen-bond acceptors (Lipinski definition) is 3. The normalized spacial score (nSPS) is 25.0. The van der Waals surface area contributed by atoms with E-state index in [1.807, 2.05) is 25.1 Å². The van der Waals surface area contributed by atoms with Gasteiger partial charge in [-0.3, -0.25) is 4.79 Å². The lowest BCUT2D eigenvalue weighted by atomic mass is 9.70. The van der Waals surface area contributed by atoms with Gasteiger partial charge >= 0.3 is 0 Å². The van der Waals surface area contributed by atoms with E-state index in [1.54, 1.807) is 0 Å². The molecule has 102 valence electrons. The summed E-state index contributed by atoms with van der Waals surface area (Å²) in [5, 5.41) is 0. The van der Waals surface area contributed by atoms with Crippen LogP contribution in [0.2, 0.25) is 0 Å². The summed E-state index contributed by atoms with van der Waals surface area (Å²) in [6.07, 6.45) is 5.23. The molecule has 3 heteroatoms. The maximum Gasteiger partial charge on any atom is 0.166 e. The number of nitrogens with two attached hydrogens (primary N) is 1. The van der Waals surface area contributed by atoms with Crippen LogP contribution in [0, 0.1) is 12.8 Å². The maximum absolute atomic E-state index is 12.6. The van der Waals surface area contributed by atoms with Crippen molar-refractivity contribution in [2.24, 2.45) is 5.92 Å². The molecule has 1 saturated carbocycles. The van der Waals surface area contributed by atoms with E-state index < -0.39 is 0 Å². The van der Waals surface area contributed by atoms with Crippen LogP contribution in [0.3, 0.4) is 0 Å². The molecule has 0 radical (unpaired) electrons. The molecule has 1 aromatic carbocycles. The molecule has 0 amide bonds. The first-order chi connectivity index (χ1) is 9.10. The highest BCUT2D eigenvalue weighted by atomic mass is 16.5. The third kappa shape index (κ3) is 2.27. The van der Waals surface area contributed by atoms with Gasteiger partial charge in [-0.15, -0.1) is 0 Å². The molecule has 2 fully saturated rings. The highest BCUT2D eigenvalue weighted by Gasteiger charge is 2.44. The van der Waals surface area contributed by atoms with Gasteiger partial charge in [0.25, 0.3) is 0 Å². The topological polar surface area (TPSA) is 52.3 Å². The van der Waals surface area contributed by atoms with Crippen molar-refractivity contribution in [1.82, 2.24) is 0 Å². The fourth-order valence-electron chi connectivity index (χ4n) is 3.24. The summed E-state index contributed by atoms with van der Waals surface area (Å²) >= 11 is 0. The van der Waals surface area contributed by atoms with Gasteiger partial charge in [-0.25, -0.2) is 0 Å². The number of benzene rings is 1. The molecule has 2 aliphatic rings. The van der Waals surface area contributed by atoms with E-state index in [2.05, 4.69) is 0 Å². The van der Waals surface area contributed by atoms with Gasteiger partial charge < -0.3 is 10.5 Å². The molecule has 1 unspecified atom stereocenters. The van der Waals surface area contributed by atoms with Gasteiger partial charge in [0.15, 0.2) is 5.78 Å². The second-order valence-corrected chi connectivity index (χ2v) is 6.01. The number of carbonyl (C=O) groups is 1. The Bertz CT molecular complexity index is 505. The van der Waals surface area contributed by atoms with Crippen LogP contribution in [0.4, 0.5) is 5.69 Å². The summed E-state index contributed by atoms with van der Waals surface area (Å²) in [7, 11) is 0. The van der Waals surface area contributed by atoms with Crippen LogP contribution >= 0.6 is 0 Å². The molecule has 1 spiro atoms. The second-order valence-electron chi connectivity index (χ2n) is 6.01. The summed E-state index contributed by atoms with van der Waals surface area (Å²) in [5.74, 6) is 0.384. The van der Waals surface area contributed by atoms with Crippen molar-refractivity contribution in [3.05, 3.63) is 29.3 Å². The van der Waals surface area contributed by atoms with Crippen LogP contribution in [0.5, 0.6) is 0 Å². The standard InChI is InChI=1S/C16H21NO2/c1-11-9-12(3-4-14(11)17)15(18)13-5-8-19-16(10-13)6-2-7-16/h3-4,9,13H,2,5-8,10,17H2,1H3. The van der Waals surface area contributed by atoms with Gasteiger partial charge in [0.1, 0.15) is 0 Å². The average molecular weight is 259 g/mol. The van der Waals surface area contributed by atoms with Gasteiger partial charge in [-0.2, -0.15) is 0 Å². The van der Waals surface area contributed by atoms with Crippen molar-refractivity contribution in [1.29, 1.82) is 0 Å². The van der Waals surface area contributed by atoms with Crippen LogP contribution in [-0.2, 0) is 4.74 Å². The monoisotopic (exact) mass is 259 g/mol. The van der Waals surface area contributed by atoms with Crippen molar-refractivity contribution in [3.63, 3.8) is 0 Å². The van der Waals surface area contributed by atoms with Crippen molar-refractivity contribution in [2.75, 3.05) is 12.3 Å². The number of nitrogen functional groups attached to an aromatic ring is 1. The van der Waals surface area contributed by atoms with Crippen molar-refractivity contribution in [2.45, 2.75) is 44.6 Å². The summed E-state index contributed by atoms with van der Waals surface area (Å²) in [5.41, 5.74) is 8.37. The molecule has 2 N–H and O–H groups in total. The molecule has 1 aliphatic heterocycles. The first-order valence-corrected chi connectivity index (χ1v) is 7.14. The Labute approximate surface area is 114 Å². The molecule has 19 heavy (non-hydrogen) atoms. The minimum Gasteiger partial charge on any atom is -0.399 e. The molecule has 1 atom stereocenters. The second kappa shape index (κ2) is 4.64. The number of carbonyl (C=O) groups excluding carboxylic acids is 1. The van der Waals surface area contributed by atoms with Crippen LogP contribution in [-0.4, -0.2) is 18.0 Å². The SMILES string of the molecule is Cc1cc(C(=O)C2CCOC3(CCC3)C2)ccc1N. The summed E-state index contributed by atoms with van der Waals surface area (Å²) in [6.45, 7) is 2.67. The first-order valence-electron chi connectivity index (χ1n) is 7.14. The highest BCUT2D eigenvalue weighted by molar-refractivity contribution is 5.98. The van der Waals surface area contributed by atoms with Crippen LogP contribution < -0.4 is 5.73 Å². The van der Waals surface area contributed by atoms with Crippen molar-refractivity contribution < 1.29 is 9.53 Å². The Morgan fingerprint density at radius 1 is 1.42 bits per heavy atom. The number of rotatable bonds is 2. The van der Waals surface area contributed by atoms with Gasteiger partial charge in [-0.05, 0) is 62.8 Å². The number of anilines is 1. The zero-order valence-corrected chi connectivity index (χ0v) is 11.4. The van der Waals surface area contributed by atoms with E-state index in [0.717, 1.165) is 49.1 Å². The molecule has 1 aromatic rings. The van der Waals surface area contributed by atoms with Gasteiger partial charge in [0, 0.05) is 23.8 Å². The Balaban J connectivity index is 1.77. The predicted octanol–water partition coefficient (Wildman–Crippen LogP) is 3.11. The third-order valence-electron chi connectivity index (χ3n) is 4.68. The van der Waals surface area contributed by atoms with E-state index in [9.17, 15) is 4.79 Å². The zero-order valence-electron chi connectivity index (χ0n) is 11.4. The maximum atomic E-state index is 12.6. The highest BCUT2D eigenvalue weighted by Crippen LogP contribution is 2.44. The molecular formula is C16H21NO2. The summed E-state index contributed by atoms with van der Waals surface area (Å²) in [6, 6.07) is 5.61. The smallest absolute Gasteiger partial charge is 0.166 e. The number of ketones is 1. The molecule has 1 aliphatic carbocycles.